The van der Waals surface area contributed by atoms with Gasteiger partial charge in [0.2, 0.25) is 5.76 Å². The highest BCUT2D eigenvalue weighted by atomic mass is 16.4. The maximum absolute atomic E-state index is 10.9. The molecular weight excluding hydrogens is 254 g/mol. The molecule has 0 saturated carbocycles. The van der Waals surface area contributed by atoms with Gasteiger partial charge in [-0.2, -0.15) is 0 Å². The molecule has 1 aliphatic heterocycles. The Hall–Kier alpha value is -2.07. The Balaban J connectivity index is 1.78. The zero-order chi connectivity index (χ0) is 14.1. The van der Waals surface area contributed by atoms with Gasteiger partial charge in [-0.3, -0.25) is 4.90 Å². The van der Waals surface area contributed by atoms with Crippen molar-refractivity contribution in [3.8, 4) is 0 Å². The first kappa shape index (κ1) is 12.9. The van der Waals surface area contributed by atoms with E-state index in [-0.39, 0.29) is 11.8 Å². The summed E-state index contributed by atoms with van der Waals surface area (Å²) in [6, 6.07) is 11.8. The van der Waals surface area contributed by atoms with Gasteiger partial charge in [-0.1, -0.05) is 24.3 Å². The molecule has 2 aromatic rings. The molecule has 1 N–H and O–H groups in total. The average molecular weight is 271 g/mol. The van der Waals surface area contributed by atoms with Crippen molar-refractivity contribution in [2.24, 2.45) is 0 Å². The van der Waals surface area contributed by atoms with Crippen molar-refractivity contribution in [3.63, 3.8) is 0 Å². The van der Waals surface area contributed by atoms with E-state index < -0.39 is 5.97 Å². The van der Waals surface area contributed by atoms with Gasteiger partial charge >= 0.3 is 5.97 Å². The zero-order valence-electron chi connectivity index (χ0n) is 11.4. The van der Waals surface area contributed by atoms with E-state index in [0.717, 1.165) is 19.5 Å². The molecule has 0 saturated heterocycles. The summed E-state index contributed by atoms with van der Waals surface area (Å²) in [7, 11) is 0. The second kappa shape index (κ2) is 5.13. The summed E-state index contributed by atoms with van der Waals surface area (Å²) in [6.45, 7) is 3.89. The van der Waals surface area contributed by atoms with E-state index >= 15 is 0 Å². The number of fused-ring (bicyclic) bond motifs is 1. The maximum Gasteiger partial charge on any atom is 0.371 e. The van der Waals surface area contributed by atoms with Crippen LogP contribution >= 0.6 is 0 Å². The molecule has 1 aliphatic rings. The van der Waals surface area contributed by atoms with Gasteiger partial charge in [-0.15, -0.1) is 0 Å². The van der Waals surface area contributed by atoms with Crippen molar-refractivity contribution >= 4 is 5.97 Å². The van der Waals surface area contributed by atoms with Crippen molar-refractivity contribution in [2.45, 2.75) is 25.9 Å². The molecule has 20 heavy (non-hydrogen) atoms. The maximum atomic E-state index is 10.9. The molecule has 4 nitrogen and oxygen atoms in total. The number of nitrogens with zero attached hydrogens (tertiary/aromatic N) is 1. The van der Waals surface area contributed by atoms with Crippen molar-refractivity contribution in [3.05, 3.63) is 59.0 Å². The minimum atomic E-state index is -1.02. The summed E-state index contributed by atoms with van der Waals surface area (Å²) < 4.78 is 5.41. The Labute approximate surface area is 117 Å². The minimum Gasteiger partial charge on any atom is -0.475 e. The van der Waals surface area contributed by atoms with Crippen molar-refractivity contribution in [2.75, 3.05) is 6.54 Å². The molecule has 0 aliphatic carbocycles. The first-order chi connectivity index (χ1) is 9.65. The Morgan fingerprint density at radius 1 is 1.25 bits per heavy atom. The van der Waals surface area contributed by atoms with E-state index in [1.54, 1.807) is 6.07 Å². The molecule has 0 fully saturated rings. The van der Waals surface area contributed by atoms with Crippen LogP contribution in [0, 0.1) is 0 Å². The lowest BCUT2D eigenvalue weighted by molar-refractivity contribution is 0.0655. The summed E-state index contributed by atoms with van der Waals surface area (Å²) in [5.41, 5.74) is 2.75. The van der Waals surface area contributed by atoms with Gasteiger partial charge in [0.05, 0.1) is 6.04 Å². The van der Waals surface area contributed by atoms with Crippen molar-refractivity contribution < 1.29 is 14.3 Å². The highest BCUT2D eigenvalue weighted by Crippen LogP contribution is 2.28. The monoisotopic (exact) mass is 271 g/mol. The SMILES string of the molecule is CC(c1ccc(C(=O)O)o1)N1CCc2ccccc2C1. The first-order valence-electron chi connectivity index (χ1n) is 6.79. The van der Waals surface area contributed by atoms with E-state index in [1.807, 2.05) is 0 Å². The zero-order valence-corrected chi connectivity index (χ0v) is 11.4. The number of carboxylic acids is 1. The van der Waals surface area contributed by atoms with Gasteiger partial charge in [0.25, 0.3) is 0 Å². The normalized spacial score (nSPS) is 16.6. The lowest BCUT2D eigenvalue weighted by atomic mass is 9.98. The highest BCUT2D eigenvalue weighted by molar-refractivity contribution is 5.84. The third-order valence-electron chi connectivity index (χ3n) is 3.96. The standard InChI is InChI=1S/C16H17NO3/c1-11(14-6-7-15(20-14)16(18)19)17-9-8-12-4-2-3-5-13(12)10-17/h2-7,11H,8-10H2,1H3,(H,18,19). The fourth-order valence-corrected chi connectivity index (χ4v) is 2.72. The smallest absolute Gasteiger partial charge is 0.371 e. The average Bonchev–Trinajstić information content (AvgIpc) is 2.96. The molecule has 0 radical (unpaired) electrons. The molecule has 1 unspecified atom stereocenters. The summed E-state index contributed by atoms with van der Waals surface area (Å²) >= 11 is 0. The lowest BCUT2D eigenvalue weighted by Crippen LogP contribution is -2.32. The predicted octanol–water partition coefficient (Wildman–Crippen LogP) is 3.10. The summed E-state index contributed by atoms with van der Waals surface area (Å²) in [5, 5.41) is 8.91. The molecular formula is C16H17NO3. The third-order valence-corrected chi connectivity index (χ3v) is 3.96. The number of furan rings is 1. The van der Waals surface area contributed by atoms with Crippen molar-refractivity contribution in [1.29, 1.82) is 0 Å². The van der Waals surface area contributed by atoms with Crippen LogP contribution in [0.2, 0.25) is 0 Å². The predicted molar refractivity (Wildman–Crippen MR) is 74.6 cm³/mol. The summed E-state index contributed by atoms with van der Waals surface area (Å²) in [6.07, 6.45) is 1.02. The van der Waals surface area contributed by atoms with Gasteiger partial charge in [0, 0.05) is 13.1 Å². The number of hydrogen-bond acceptors (Lipinski definition) is 3. The van der Waals surface area contributed by atoms with Crippen LogP contribution in [0.4, 0.5) is 0 Å². The van der Waals surface area contributed by atoms with E-state index in [0.29, 0.717) is 5.76 Å². The van der Waals surface area contributed by atoms with E-state index in [9.17, 15) is 4.79 Å². The van der Waals surface area contributed by atoms with Crippen LogP contribution in [0.5, 0.6) is 0 Å². The van der Waals surface area contributed by atoms with E-state index in [1.165, 1.54) is 17.2 Å². The Bertz CT molecular complexity index is 632. The van der Waals surface area contributed by atoms with Crippen LogP contribution in [0.15, 0.2) is 40.8 Å². The Morgan fingerprint density at radius 2 is 2.00 bits per heavy atom. The molecule has 4 heteroatoms. The van der Waals surface area contributed by atoms with Crippen LogP contribution in [0.1, 0.15) is 40.4 Å². The van der Waals surface area contributed by atoms with Crippen LogP contribution in [-0.4, -0.2) is 22.5 Å². The molecule has 3 rings (SSSR count). The molecule has 1 atom stereocenters. The fourth-order valence-electron chi connectivity index (χ4n) is 2.72. The Morgan fingerprint density at radius 3 is 2.70 bits per heavy atom. The number of aromatic carboxylic acids is 1. The quantitative estimate of drug-likeness (QED) is 0.932. The summed E-state index contributed by atoms with van der Waals surface area (Å²) in [5.74, 6) is -0.307. The molecule has 0 amide bonds. The number of hydrogen-bond donors (Lipinski definition) is 1. The van der Waals surface area contributed by atoms with Gasteiger partial charge in [-0.05, 0) is 36.6 Å². The van der Waals surface area contributed by atoms with E-state index in [2.05, 4.69) is 36.1 Å². The van der Waals surface area contributed by atoms with Crippen LogP contribution < -0.4 is 0 Å². The molecule has 1 aromatic carbocycles. The number of carboxylic acid groups (broad SMARTS) is 1. The third kappa shape index (κ3) is 2.34. The molecule has 104 valence electrons. The van der Waals surface area contributed by atoms with Crippen LogP contribution in [-0.2, 0) is 13.0 Å². The van der Waals surface area contributed by atoms with Gasteiger partial charge in [-0.25, -0.2) is 4.79 Å². The second-order valence-corrected chi connectivity index (χ2v) is 5.17. The van der Waals surface area contributed by atoms with Gasteiger partial charge in [0.15, 0.2) is 0 Å². The Kier molecular flexibility index (Phi) is 3.32. The minimum absolute atomic E-state index is 0.00394. The van der Waals surface area contributed by atoms with E-state index in [4.69, 9.17) is 9.52 Å². The highest BCUT2D eigenvalue weighted by Gasteiger charge is 2.24. The van der Waals surface area contributed by atoms with Crippen LogP contribution in [0.25, 0.3) is 0 Å². The molecule has 0 spiro atoms. The van der Waals surface area contributed by atoms with Crippen molar-refractivity contribution in [1.82, 2.24) is 4.90 Å². The first-order valence-corrected chi connectivity index (χ1v) is 6.79. The lowest BCUT2D eigenvalue weighted by Gasteiger charge is -2.32. The number of carbonyl (C=O) groups is 1. The number of rotatable bonds is 3. The van der Waals surface area contributed by atoms with Gasteiger partial charge in [0.1, 0.15) is 5.76 Å². The van der Waals surface area contributed by atoms with Gasteiger partial charge < -0.3 is 9.52 Å². The van der Waals surface area contributed by atoms with Crippen LogP contribution in [0.3, 0.4) is 0 Å². The fraction of sp³-hybridized carbons (Fsp3) is 0.312. The topological polar surface area (TPSA) is 53.7 Å². The summed E-state index contributed by atoms with van der Waals surface area (Å²) in [4.78, 5) is 13.2. The molecule has 1 aromatic heterocycles. The molecule has 0 bridgehead atoms. The largest absolute Gasteiger partial charge is 0.475 e. The second-order valence-electron chi connectivity index (χ2n) is 5.17. The number of benzene rings is 1. The molecule has 2 heterocycles.